The summed E-state index contributed by atoms with van der Waals surface area (Å²) in [7, 11) is 1.76. The van der Waals surface area contributed by atoms with Gasteiger partial charge in [-0.05, 0) is 45.2 Å². The van der Waals surface area contributed by atoms with E-state index in [-0.39, 0.29) is 0 Å². The van der Waals surface area contributed by atoms with E-state index in [0.717, 1.165) is 38.1 Å². The minimum atomic E-state index is 0.660. The number of ether oxygens (including phenoxy) is 1. The molecule has 0 amide bonds. The Kier molecular flexibility index (Phi) is 7.09. The first-order valence-corrected chi connectivity index (χ1v) is 7.12. The fraction of sp³-hybridized carbons (Fsp3) is 1.00. The second-order valence-electron chi connectivity index (χ2n) is 5.59. The van der Waals surface area contributed by atoms with Crippen LogP contribution in [0.25, 0.3) is 0 Å². The predicted octanol–water partition coefficient (Wildman–Crippen LogP) is 2.12. The largest absolute Gasteiger partial charge is 0.385 e. The first kappa shape index (κ1) is 14.9. The van der Waals surface area contributed by atoms with E-state index in [1.54, 1.807) is 7.11 Å². The zero-order valence-electron chi connectivity index (χ0n) is 12.0. The average Bonchev–Trinajstić information content (AvgIpc) is 2.77. The lowest BCUT2D eigenvalue weighted by Crippen LogP contribution is -2.45. The highest BCUT2D eigenvalue weighted by molar-refractivity contribution is 4.85. The van der Waals surface area contributed by atoms with E-state index in [1.165, 1.54) is 19.4 Å². The third-order valence-electron chi connectivity index (χ3n) is 3.82. The van der Waals surface area contributed by atoms with Crippen molar-refractivity contribution in [1.82, 2.24) is 10.2 Å². The minimum absolute atomic E-state index is 0.660. The highest BCUT2D eigenvalue weighted by Gasteiger charge is 2.29. The molecule has 1 saturated heterocycles. The van der Waals surface area contributed by atoms with Gasteiger partial charge in [0, 0.05) is 32.3 Å². The summed E-state index contributed by atoms with van der Waals surface area (Å²) in [6.07, 6.45) is 3.86. The SMILES string of the molecule is COCCCNCC(C)N1CCCC1C(C)C. The van der Waals surface area contributed by atoms with E-state index < -0.39 is 0 Å². The molecule has 2 unspecified atom stereocenters. The molecule has 1 aliphatic heterocycles. The summed E-state index contributed by atoms with van der Waals surface area (Å²) in [6.45, 7) is 11.4. The molecule has 0 aromatic rings. The van der Waals surface area contributed by atoms with E-state index in [9.17, 15) is 0 Å². The van der Waals surface area contributed by atoms with Gasteiger partial charge in [0.1, 0.15) is 0 Å². The molecule has 0 saturated carbocycles. The molecule has 0 aromatic heterocycles. The van der Waals surface area contributed by atoms with Crippen molar-refractivity contribution in [1.29, 1.82) is 0 Å². The van der Waals surface area contributed by atoms with Gasteiger partial charge < -0.3 is 10.1 Å². The van der Waals surface area contributed by atoms with Crippen molar-refractivity contribution < 1.29 is 4.74 Å². The van der Waals surface area contributed by atoms with Crippen LogP contribution in [0, 0.1) is 5.92 Å². The smallest absolute Gasteiger partial charge is 0.0474 e. The molecule has 3 heteroatoms. The zero-order chi connectivity index (χ0) is 12.7. The first-order chi connectivity index (χ1) is 8.16. The molecule has 1 aliphatic rings. The van der Waals surface area contributed by atoms with Crippen LogP contribution in [0.1, 0.15) is 40.0 Å². The van der Waals surface area contributed by atoms with Crippen molar-refractivity contribution in [3.63, 3.8) is 0 Å². The van der Waals surface area contributed by atoms with Gasteiger partial charge in [-0.25, -0.2) is 0 Å². The number of nitrogens with one attached hydrogen (secondary N) is 1. The van der Waals surface area contributed by atoms with E-state index in [4.69, 9.17) is 4.74 Å². The number of nitrogens with zero attached hydrogens (tertiary/aromatic N) is 1. The van der Waals surface area contributed by atoms with Crippen molar-refractivity contribution in [2.75, 3.05) is 33.4 Å². The third-order valence-corrected chi connectivity index (χ3v) is 3.82. The van der Waals surface area contributed by atoms with Crippen LogP contribution in [0.3, 0.4) is 0 Å². The molecule has 102 valence electrons. The van der Waals surface area contributed by atoms with Gasteiger partial charge in [-0.3, -0.25) is 4.90 Å². The molecular formula is C14H30N2O. The second kappa shape index (κ2) is 8.06. The second-order valence-corrected chi connectivity index (χ2v) is 5.59. The maximum Gasteiger partial charge on any atom is 0.0474 e. The van der Waals surface area contributed by atoms with E-state index in [2.05, 4.69) is 31.0 Å². The van der Waals surface area contributed by atoms with Crippen LogP contribution in [0.15, 0.2) is 0 Å². The number of hydrogen-bond acceptors (Lipinski definition) is 3. The lowest BCUT2D eigenvalue weighted by Gasteiger charge is -2.33. The molecule has 1 fully saturated rings. The van der Waals surface area contributed by atoms with Gasteiger partial charge in [0.15, 0.2) is 0 Å². The molecule has 0 radical (unpaired) electrons. The maximum atomic E-state index is 5.05. The summed E-state index contributed by atoms with van der Waals surface area (Å²) in [5, 5.41) is 3.53. The van der Waals surface area contributed by atoms with E-state index >= 15 is 0 Å². The van der Waals surface area contributed by atoms with Crippen molar-refractivity contribution in [2.24, 2.45) is 5.92 Å². The van der Waals surface area contributed by atoms with Gasteiger partial charge in [0.2, 0.25) is 0 Å². The lowest BCUT2D eigenvalue weighted by atomic mass is 10.0. The van der Waals surface area contributed by atoms with Crippen LogP contribution in [0.4, 0.5) is 0 Å². The number of likely N-dealkylation sites (tertiary alicyclic amines) is 1. The fourth-order valence-corrected chi connectivity index (χ4v) is 2.85. The molecule has 1 heterocycles. The molecule has 3 nitrogen and oxygen atoms in total. The molecule has 0 bridgehead atoms. The normalized spacial score (nSPS) is 23.5. The van der Waals surface area contributed by atoms with Crippen LogP contribution in [-0.4, -0.2) is 50.3 Å². The van der Waals surface area contributed by atoms with Gasteiger partial charge in [0.05, 0.1) is 0 Å². The summed E-state index contributed by atoms with van der Waals surface area (Å²) >= 11 is 0. The summed E-state index contributed by atoms with van der Waals surface area (Å²) in [6, 6.07) is 1.46. The topological polar surface area (TPSA) is 24.5 Å². The van der Waals surface area contributed by atoms with Gasteiger partial charge in [-0.2, -0.15) is 0 Å². The average molecular weight is 242 g/mol. The van der Waals surface area contributed by atoms with Crippen LogP contribution >= 0.6 is 0 Å². The van der Waals surface area contributed by atoms with Crippen LogP contribution < -0.4 is 5.32 Å². The minimum Gasteiger partial charge on any atom is -0.385 e. The quantitative estimate of drug-likeness (QED) is 0.660. The van der Waals surface area contributed by atoms with Gasteiger partial charge >= 0.3 is 0 Å². The van der Waals surface area contributed by atoms with Crippen molar-refractivity contribution in [2.45, 2.75) is 52.1 Å². The Morgan fingerprint density at radius 2 is 2.12 bits per heavy atom. The summed E-state index contributed by atoms with van der Waals surface area (Å²) in [5.41, 5.74) is 0. The van der Waals surface area contributed by atoms with E-state index in [1.807, 2.05) is 0 Å². The Balaban J connectivity index is 2.20. The lowest BCUT2D eigenvalue weighted by molar-refractivity contribution is 0.151. The standard InChI is InChI=1S/C14H30N2O/c1-12(2)14-7-5-9-16(14)13(3)11-15-8-6-10-17-4/h12-15H,5-11H2,1-4H3. The van der Waals surface area contributed by atoms with Crippen molar-refractivity contribution in [3.8, 4) is 0 Å². The van der Waals surface area contributed by atoms with Crippen LogP contribution in [0.5, 0.6) is 0 Å². The summed E-state index contributed by atoms with van der Waals surface area (Å²) in [5.74, 6) is 0.786. The third kappa shape index (κ3) is 4.94. The monoisotopic (exact) mass is 242 g/mol. The number of hydrogen-bond donors (Lipinski definition) is 1. The van der Waals surface area contributed by atoms with Gasteiger partial charge in [0.25, 0.3) is 0 Å². The molecule has 17 heavy (non-hydrogen) atoms. The van der Waals surface area contributed by atoms with Crippen LogP contribution in [-0.2, 0) is 4.74 Å². The van der Waals surface area contributed by atoms with E-state index in [0.29, 0.717) is 6.04 Å². The Labute approximate surface area is 107 Å². The Bertz CT molecular complexity index is 197. The predicted molar refractivity (Wildman–Crippen MR) is 73.4 cm³/mol. The van der Waals surface area contributed by atoms with Crippen molar-refractivity contribution in [3.05, 3.63) is 0 Å². The van der Waals surface area contributed by atoms with Crippen LogP contribution in [0.2, 0.25) is 0 Å². The molecule has 0 aliphatic carbocycles. The highest BCUT2D eigenvalue weighted by atomic mass is 16.5. The summed E-state index contributed by atoms with van der Waals surface area (Å²) in [4.78, 5) is 2.69. The molecule has 0 spiro atoms. The molecule has 2 atom stereocenters. The Hall–Kier alpha value is -0.120. The van der Waals surface area contributed by atoms with Gasteiger partial charge in [-0.1, -0.05) is 13.8 Å². The number of rotatable bonds is 8. The number of methoxy groups -OCH3 is 1. The van der Waals surface area contributed by atoms with Gasteiger partial charge in [-0.15, -0.1) is 0 Å². The Morgan fingerprint density at radius 3 is 2.76 bits per heavy atom. The molecule has 1 rings (SSSR count). The highest BCUT2D eigenvalue weighted by Crippen LogP contribution is 2.25. The zero-order valence-corrected chi connectivity index (χ0v) is 12.0. The molecule has 0 aromatic carbocycles. The first-order valence-electron chi connectivity index (χ1n) is 7.12. The molecule has 1 N–H and O–H groups in total. The molecular weight excluding hydrogens is 212 g/mol. The summed E-state index contributed by atoms with van der Waals surface area (Å²) < 4.78 is 5.05. The fourth-order valence-electron chi connectivity index (χ4n) is 2.85. The maximum absolute atomic E-state index is 5.05. The van der Waals surface area contributed by atoms with Crippen molar-refractivity contribution >= 4 is 0 Å². The Morgan fingerprint density at radius 1 is 1.35 bits per heavy atom.